The number of amides is 1. The van der Waals surface area contributed by atoms with Crippen molar-refractivity contribution in [3.05, 3.63) is 299 Å². The minimum atomic E-state index is -0.998. The van der Waals surface area contributed by atoms with Gasteiger partial charge in [-0.2, -0.15) is 0 Å². The molecule has 8 aromatic heterocycles. The summed E-state index contributed by atoms with van der Waals surface area (Å²) in [4.78, 5) is 99.6. The van der Waals surface area contributed by atoms with E-state index in [1.807, 2.05) is 178 Å². The van der Waals surface area contributed by atoms with Crippen LogP contribution in [0.3, 0.4) is 0 Å². The smallest absolute Gasteiger partial charge is 0.307 e. The lowest BCUT2D eigenvalue weighted by molar-refractivity contribution is -0.157. The van der Waals surface area contributed by atoms with Gasteiger partial charge in [0.15, 0.2) is 5.78 Å². The molecule has 1 amide bonds. The average molecular weight is 1560 g/mol. The van der Waals surface area contributed by atoms with E-state index in [4.69, 9.17) is 25.7 Å². The third kappa shape index (κ3) is 34.1. The van der Waals surface area contributed by atoms with Crippen molar-refractivity contribution in [3.8, 4) is 11.5 Å². The molecular weight excluding hydrogens is 1440 g/mol. The number of esters is 1. The predicted molar refractivity (Wildman–Crippen MR) is 449 cm³/mol. The second-order valence-electron chi connectivity index (χ2n) is 30.3. The Kier molecular flexibility index (Phi) is 37.7. The van der Waals surface area contributed by atoms with E-state index in [2.05, 4.69) is 132 Å². The van der Waals surface area contributed by atoms with Crippen molar-refractivity contribution in [2.45, 2.75) is 214 Å². The number of aromatic nitrogens is 8. The fourth-order valence-corrected chi connectivity index (χ4v) is 13.5. The number of carbonyl (C=O) groups is 4. The van der Waals surface area contributed by atoms with Crippen molar-refractivity contribution in [2.75, 3.05) is 19.8 Å². The van der Waals surface area contributed by atoms with Gasteiger partial charge in [-0.05, 0) is 216 Å². The van der Waals surface area contributed by atoms with Crippen LogP contribution in [0.5, 0.6) is 11.5 Å². The number of pyridine rings is 8. The summed E-state index contributed by atoms with van der Waals surface area (Å²) >= 11 is 0. The fraction of sp³-hybridized carbons (Fsp3) is 0.398. The van der Waals surface area contributed by atoms with Gasteiger partial charge in [0.05, 0.1) is 83.2 Å². The minimum Gasteiger partial charge on any atom is -0.494 e. The van der Waals surface area contributed by atoms with Crippen molar-refractivity contribution < 1.29 is 33.4 Å². The standard InChI is InChI=1S/C57H76N8O6.C36H41N7O/c1-6-8-10-25-51(58)54(67)35-45(36-55(68)71-57(3,4)5)56(69)63-52(7-2)53(66)26-11-9-20-31-70-50-33-43(37-64(39-46-21-12-16-27-59-46)40-47-22-13-17-28-60-47)32-44(34-50)38-65(41-48-23-14-18-29-61-48)42-49-24-15-19-30-62-49;37-15-5-10-20-44-36-22-30(24-42(26-32-11-1-6-16-38-32)27-33-12-2-7-17-39-33)21-31(23-36)25-43(28-34-13-3-8-18-40-34)29-35-14-4-9-19-41-35/h12-19,21-24,27-30,32-34,45,51-52H,6-11,20,25-26,31,35-42,58H2,1-5H3,(H,63,69);1-4,6-9,11-14,16-19,21-23H,5,10,15,20,24-29,37H2/t45-,51-,52-;/m0./s1. The Balaban J connectivity index is 0.000000293. The first-order valence-corrected chi connectivity index (χ1v) is 40.6. The Morgan fingerprint density at radius 2 is 0.730 bits per heavy atom. The summed E-state index contributed by atoms with van der Waals surface area (Å²) in [7, 11) is 0. The molecule has 0 unspecified atom stereocenters. The van der Waals surface area contributed by atoms with Crippen LogP contribution in [0.4, 0.5) is 0 Å². The molecule has 8 heterocycles. The molecule has 0 radical (unpaired) electrons. The number of rotatable bonds is 49. The Labute approximate surface area is 680 Å². The summed E-state index contributed by atoms with van der Waals surface area (Å²) in [5.74, 6) is -0.840. The van der Waals surface area contributed by atoms with Gasteiger partial charge < -0.3 is 31.0 Å². The largest absolute Gasteiger partial charge is 0.494 e. The van der Waals surface area contributed by atoms with E-state index < -0.39 is 35.5 Å². The molecule has 0 aliphatic rings. The lowest BCUT2D eigenvalue weighted by atomic mass is 9.92. The molecule has 10 aromatic rings. The predicted octanol–water partition coefficient (Wildman–Crippen LogP) is 15.1. The SMILES string of the molecule is CCCCC[C@H](N)C(=O)C[C@@H](CC(=O)OC(C)(C)C)C(=O)N[C@@H](CC)C(=O)CCCCCOc1cc(CN(Cc2ccccn2)Cc2ccccn2)cc(CN(Cc2ccccn2)Cc2ccccn2)c1.NCCCCOc1cc(CN(Cc2ccccn2)Cc2ccccn2)cc(CN(Cc2ccccn2)Cc2ccccn2)c1. The molecule has 2 aromatic carbocycles. The number of nitrogens with one attached hydrogen (secondary N) is 1. The van der Waals surface area contributed by atoms with Gasteiger partial charge in [0.2, 0.25) is 5.91 Å². The average Bonchev–Trinajstić information content (AvgIpc) is 0.834. The van der Waals surface area contributed by atoms with E-state index >= 15 is 0 Å². The Bertz CT molecular complexity index is 4030. The van der Waals surface area contributed by atoms with Gasteiger partial charge in [-0.1, -0.05) is 93.8 Å². The summed E-state index contributed by atoms with van der Waals surface area (Å²) in [6, 6.07) is 59.7. The van der Waals surface area contributed by atoms with Crippen LogP contribution in [0, 0.1) is 5.92 Å². The number of Topliss-reactive ketones (excluding diaryl/α,β-unsaturated/α-hetero) is 2. The van der Waals surface area contributed by atoms with Crippen LogP contribution >= 0.6 is 0 Å². The molecular formula is C93H117N15O7. The number of nitrogens with two attached hydrogens (primary N) is 2. The topological polar surface area (TPSA) is 276 Å². The molecule has 606 valence electrons. The van der Waals surface area contributed by atoms with Crippen LogP contribution in [-0.2, 0) is 102 Å². The van der Waals surface area contributed by atoms with Crippen LogP contribution < -0.4 is 26.3 Å². The molecule has 22 nitrogen and oxygen atoms in total. The van der Waals surface area contributed by atoms with Gasteiger partial charge in [0, 0.05) is 141 Å². The Morgan fingerprint density at radius 1 is 0.400 bits per heavy atom. The minimum absolute atomic E-state index is 0.0976. The molecule has 3 atom stereocenters. The van der Waals surface area contributed by atoms with Crippen molar-refractivity contribution in [1.29, 1.82) is 0 Å². The highest BCUT2D eigenvalue weighted by Crippen LogP contribution is 2.27. The molecule has 0 fully saturated rings. The number of carbonyl (C=O) groups excluding carboxylic acids is 4. The number of hydrogen-bond donors (Lipinski definition) is 3. The number of unbranched alkanes of at least 4 members (excludes halogenated alkanes) is 5. The molecule has 115 heavy (non-hydrogen) atoms. The number of hydrogen-bond acceptors (Lipinski definition) is 21. The zero-order valence-corrected chi connectivity index (χ0v) is 67.8. The van der Waals surface area contributed by atoms with Crippen molar-refractivity contribution in [1.82, 2.24) is 64.8 Å². The highest BCUT2D eigenvalue weighted by molar-refractivity contribution is 5.94. The molecule has 0 bridgehead atoms. The summed E-state index contributed by atoms with van der Waals surface area (Å²) in [6.07, 6.45) is 22.0. The zero-order valence-electron chi connectivity index (χ0n) is 67.8. The van der Waals surface area contributed by atoms with Crippen molar-refractivity contribution in [2.24, 2.45) is 17.4 Å². The number of benzene rings is 2. The van der Waals surface area contributed by atoms with Gasteiger partial charge in [-0.15, -0.1) is 0 Å². The lowest BCUT2D eigenvalue weighted by Gasteiger charge is -2.25. The zero-order chi connectivity index (χ0) is 81.1. The maximum atomic E-state index is 13.7. The van der Waals surface area contributed by atoms with Gasteiger partial charge in [0.1, 0.15) is 22.9 Å². The first-order chi connectivity index (χ1) is 56.0. The Hall–Kier alpha value is -10.7. The maximum absolute atomic E-state index is 13.7. The summed E-state index contributed by atoms with van der Waals surface area (Å²) in [5.41, 5.74) is 23.7. The maximum Gasteiger partial charge on any atom is 0.307 e. The first-order valence-electron chi connectivity index (χ1n) is 40.6. The Morgan fingerprint density at radius 3 is 1.02 bits per heavy atom. The monoisotopic (exact) mass is 1560 g/mol. The van der Waals surface area contributed by atoms with E-state index in [-0.39, 0.29) is 30.8 Å². The number of ketones is 2. The third-order valence-electron chi connectivity index (χ3n) is 19.1. The van der Waals surface area contributed by atoms with E-state index in [9.17, 15) is 19.2 Å². The van der Waals surface area contributed by atoms with E-state index in [1.165, 1.54) is 11.1 Å². The van der Waals surface area contributed by atoms with E-state index in [0.29, 0.717) is 111 Å². The van der Waals surface area contributed by atoms with Crippen LogP contribution in [0.2, 0.25) is 0 Å². The van der Waals surface area contributed by atoms with Crippen molar-refractivity contribution >= 4 is 23.4 Å². The van der Waals surface area contributed by atoms with E-state index in [0.717, 1.165) is 120 Å². The molecule has 22 heteroatoms. The fourth-order valence-electron chi connectivity index (χ4n) is 13.5. The van der Waals surface area contributed by atoms with Gasteiger partial charge in [-0.25, -0.2) is 0 Å². The van der Waals surface area contributed by atoms with Crippen LogP contribution in [0.25, 0.3) is 0 Å². The van der Waals surface area contributed by atoms with Gasteiger partial charge in [0.25, 0.3) is 0 Å². The second-order valence-corrected chi connectivity index (χ2v) is 30.3. The summed E-state index contributed by atoms with van der Waals surface area (Å²) in [5, 5.41) is 2.86. The molecule has 0 aliphatic heterocycles. The molecule has 0 saturated carbocycles. The molecule has 5 N–H and O–H groups in total. The van der Waals surface area contributed by atoms with Crippen LogP contribution in [0.15, 0.2) is 232 Å². The van der Waals surface area contributed by atoms with Gasteiger partial charge in [-0.3, -0.25) is 78.6 Å². The number of ether oxygens (including phenoxy) is 3. The van der Waals surface area contributed by atoms with Crippen molar-refractivity contribution in [3.63, 3.8) is 0 Å². The second kappa shape index (κ2) is 49.1. The quantitative estimate of drug-likeness (QED) is 0.0236. The lowest BCUT2D eigenvalue weighted by Crippen LogP contribution is -2.45. The van der Waals surface area contributed by atoms with Crippen LogP contribution in [0.1, 0.15) is 186 Å². The molecule has 0 saturated heterocycles. The van der Waals surface area contributed by atoms with Crippen LogP contribution in [-0.4, -0.2) is 120 Å². The summed E-state index contributed by atoms with van der Waals surface area (Å²) in [6.45, 7) is 19.0. The molecule has 0 spiro atoms. The van der Waals surface area contributed by atoms with E-state index in [1.54, 1.807) is 20.8 Å². The summed E-state index contributed by atoms with van der Waals surface area (Å²) < 4.78 is 18.3. The first kappa shape index (κ1) is 88.2. The third-order valence-corrected chi connectivity index (χ3v) is 19.1. The molecule has 10 rings (SSSR count). The van der Waals surface area contributed by atoms with Gasteiger partial charge >= 0.3 is 5.97 Å². The number of nitrogens with zero attached hydrogens (tertiary/aromatic N) is 12. The normalized spacial score (nSPS) is 12.2. The highest BCUT2D eigenvalue weighted by Gasteiger charge is 2.32. The highest BCUT2D eigenvalue weighted by atomic mass is 16.6. The molecule has 0 aliphatic carbocycles.